The van der Waals surface area contributed by atoms with Crippen LogP contribution in [0.1, 0.15) is 37.3 Å². The van der Waals surface area contributed by atoms with Gasteiger partial charge in [-0.2, -0.15) is 0 Å². The van der Waals surface area contributed by atoms with Gasteiger partial charge in [0.15, 0.2) is 6.61 Å². The quantitative estimate of drug-likeness (QED) is 0.695. The Kier molecular flexibility index (Phi) is 4.88. The first kappa shape index (κ1) is 18.9. The zero-order valence-corrected chi connectivity index (χ0v) is 16.6. The number of nitrogens with zero attached hydrogens (tertiary/aromatic N) is 1. The summed E-state index contributed by atoms with van der Waals surface area (Å²) in [4.78, 5) is 25.9. The number of benzene rings is 2. The van der Waals surface area contributed by atoms with E-state index in [0.29, 0.717) is 11.4 Å². The van der Waals surface area contributed by atoms with E-state index in [1.54, 1.807) is 18.0 Å². The van der Waals surface area contributed by atoms with Crippen LogP contribution >= 0.6 is 0 Å². The Morgan fingerprint density at radius 3 is 2.76 bits per heavy atom. The zero-order chi connectivity index (χ0) is 20.5. The van der Waals surface area contributed by atoms with Crippen molar-refractivity contribution in [2.75, 3.05) is 19.0 Å². The Hall–Kier alpha value is -3.48. The maximum atomic E-state index is 12.8. The van der Waals surface area contributed by atoms with Gasteiger partial charge in [-0.3, -0.25) is 4.79 Å². The summed E-state index contributed by atoms with van der Waals surface area (Å²) >= 11 is 0. The van der Waals surface area contributed by atoms with Gasteiger partial charge in [-0.25, -0.2) is 4.79 Å². The van der Waals surface area contributed by atoms with Gasteiger partial charge in [-0.05, 0) is 43.7 Å². The molecule has 150 valence electrons. The van der Waals surface area contributed by atoms with Gasteiger partial charge in [-0.1, -0.05) is 24.3 Å². The summed E-state index contributed by atoms with van der Waals surface area (Å²) in [5.74, 6) is 1.17. The third kappa shape index (κ3) is 3.76. The molecule has 2 atom stereocenters. The molecule has 29 heavy (non-hydrogen) atoms. The maximum absolute atomic E-state index is 12.8. The maximum Gasteiger partial charge on any atom is 0.318 e. The second kappa shape index (κ2) is 7.50. The highest BCUT2D eigenvalue weighted by molar-refractivity contribution is 5.95. The molecule has 1 aliphatic rings. The Balaban J connectivity index is 1.45. The SMILES string of the molecule is C[C@H](NC(=O)N(C)[C@H](C)c1cc2ccccc2o1)c1ccc2c(c1)NC(=O)CO2. The predicted octanol–water partition coefficient (Wildman–Crippen LogP) is 4.23. The fraction of sp³-hybridized carbons (Fsp3) is 0.273. The fourth-order valence-electron chi connectivity index (χ4n) is 3.32. The van der Waals surface area contributed by atoms with Crippen LogP contribution in [-0.2, 0) is 4.79 Å². The predicted molar refractivity (Wildman–Crippen MR) is 110 cm³/mol. The molecule has 0 aliphatic carbocycles. The van der Waals surface area contributed by atoms with Crippen LogP contribution in [0.3, 0.4) is 0 Å². The number of nitrogens with one attached hydrogen (secondary N) is 2. The molecule has 2 aromatic carbocycles. The molecular formula is C22H23N3O4. The van der Waals surface area contributed by atoms with Crippen molar-refractivity contribution in [3.8, 4) is 5.75 Å². The van der Waals surface area contributed by atoms with E-state index >= 15 is 0 Å². The molecule has 1 aromatic heterocycles. The third-order valence-corrected chi connectivity index (χ3v) is 5.23. The molecule has 7 nitrogen and oxygen atoms in total. The second-order valence-electron chi connectivity index (χ2n) is 7.24. The van der Waals surface area contributed by atoms with Crippen LogP contribution in [0, 0.1) is 0 Å². The van der Waals surface area contributed by atoms with Crippen molar-refractivity contribution in [1.82, 2.24) is 10.2 Å². The minimum Gasteiger partial charge on any atom is -0.482 e. The average Bonchev–Trinajstić information content (AvgIpc) is 3.16. The molecule has 0 radical (unpaired) electrons. The van der Waals surface area contributed by atoms with Gasteiger partial charge in [0.2, 0.25) is 0 Å². The van der Waals surface area contributed by atoms with Gasteiger partial charge in [0, 0.05) is 12.4 Å². The number of amides is 3. The first-order valence-electron chi connectivity index (χ1n) is 9.51. The van der Waals surface area contributed by atoms with Gasteiger partial charge < -0.3 is 24.7 Å². The van der Waals surface area contributed by atoms with Crippen molar-refractivity contribution >= 4 is 28.6 Å². The van der Waals surface area contributed by atoms with Crippen molar-refractivity contribution in [1.29, 1.82) is 0 Å². The lowest BCUT2D eigenvalue weighted by atomic mass is 10.1. The van der Waals surface area contributed by atoms with Gasteiger partial charge in [0.1, 0.15) is 17.1 Å². The van der Waals surface area contributed by atoms with Crippen LogP contribution < -0.4 is 15.4 Å². The normalized spacial score (nSPS) is 15.1. The monoisotopic (exact) mass is 393 g/mol. The van der Waals surface area contributed by atoms with Crippen LogP contribution in [0.2, 0.25) is 0 Å². The number of para-hydroxylation sites is 1. The first-order chi connectivity index (χ1) is 13.9. The van der Waals surface area contributed by atoms with Gasteiger partial charge >= 0.3 is 6.03 Å². The molecule has 0 unspecified atom stereocenters. The highest BCUT2D eigenvalue weighted by atomic mass is 16.5. The van der Waals surface area contributed by atoms with Gasteiger partial charge in [0.25, 0.3) is 5.91 Å². The highest BCUT2D eigenvalue weighted by Crippen LogP contribution is 2.31. The smallest absolute Gasteiger partial charge is 0.318 e. The molecule has 0 fully saturated rings. The molecule has 3 aromatic rings. The minimum absolute atomic E-state index is 0.0170. The van der Waals surface area contributed by atoms with Crippen molar-refractivity contribution < 1.29 is 18.7 Å². The van der Waals surface area contributed by atoms with Crippen molar-refractivity contribution in [2.24, 2.45) is 0 Å². The van der Waals surface area contributed by atoms with Crippen molar-refractivity contribution in [3.05, 3.63) is 59.9 Å². The average molecular weight is 393 g/mol. The minimum atomic E-state index is -0.253. The topological polar surface area (TPSA) is 83.8 Å². The molecule has 0 saturated carbocycles. The molecule has 2 N–H and O–H groups in total. The van der Waals surface area contributed by atoms with E-state index in [2.05, 4.69) is 10.6 Å². The lowest BCUT2D eigenvalue weighted by molar-refractivity contribution is -0.118. The molecular weight excluding hydrogens is 370 g/mol. The lowest BCUT2D eigenvalue weighted by Crippen LogP contribution is -2.39. The Labute approximate surface area is 168 Å². The summed E-state index contributed by atoms with van der Waals surface area (Å²) in [6, 6.07) is 14.5. The van der Waals surface area contributed by atoms with E-state index < -0.39 is 0 Å². The van der Waals surface area contributed by atoms with Crippen LogP contribution in [0.25, 0.3) is 11.0 Å². The van der Waals surface area contributed by atoms with Crippen molar-refractivity contribution in [2.45, 2.75) is 25.9 Å². The summed E-state index contributed by atoms with van der Waals surface area (Å²) in [5.41, 5.74) is 2.28. The molecule has 3 amide bonds. The molecule has 0 saturated heterocycles. The second-order valence-corrected chi connectivity index (χ2v) is 7.24. The van der Waals surface area contributed by atoms with Gasteiger partial charge in [0.05, 0.1) is 17.8 Å². The van der Waals surface area contributed by atoms with E-state index in [9.17, 15) is 9.59 Å². The van der Waals surface area contributed by atoms with E-state index in [4.69, 9.17) is 9.15 Å². The Morgan fingerprint density at radius 1 is 1.17 bits per heavy atom. The van der Waals surface area contributed by atoms with Crippen molar-refractivity contribution in [3.63, 3.8) is 0 Å². The van der Waals surface area contributed by atoms with E-state index in [0.717, 1.165) is 22.3 Å². The van der Waals surface area contributed by atoms with Crippen LogP contribution in [-0.4, -0.2) is 30.5 Å². The number of hydrogen-bond acceptors (Lipinski definition) is 4. The molecule has 1 aliphatic heterocycles. The number of ether oxygens (including phenoxy) is 1. The zero-order valence-electron chi connectivity index (χ0n) is 16.6. The number of anilines is 1. The lowest BCUT2D eigenvalue weighted by Gasteiger charge is -2.26. The first-order valence-corrected chi connectivity index (χ1v) is 9.51. The summed E-state index contributed by atoms with van der Waals surface area (Å²) in [5, 5.41) is 6.78. The molecule has 7 heteroatoms. The third-order valence-electron chi connectivity index (χ3n) is 5.23. The number of rotatable bonds is 4. The number of carbonyl (C=O) groups is 2. The Morgan fingerprint density at radius 2 is 1.97 bits per heavy atom. The number of furan rings is 1. The fourth-order valence-corrected chi connectivity index (χ4v) is 3.32. The standard InChI is InChI=1S/C22H23N3O4/c1-13(15-8-9-19-17(10-15)24-21(26)12-28-19)23-22(27)25(3)14(2)20-11-16-6-4-5-7-18(16)29-20/h4-11,13-14H,12H2,1-3H3,(H,23,27)(H,24,26)/t13-,14+/m0/s1. The van der Waals surface area contributed by atoms with Gasteiger partial charge in [-0.15, -0.1) is 0 Å². The summed E-state index contributed by atoms with van der Waals surface area (Å²) in [7, 11) is 1.74. The summed E-state index contributed by atoms with van der Waals surface area (Å²) in [6.45, 7) is 3.83. The largest absolute Gasteiger partial charge is 0.482 e. The number of urea groups is 1. The van der Waals surface area contributed by atoms with Crippen LogP contribution in [0.15, 0.2) is 52.9 Å². The van der Waals surface area contributed by atoms with Crippen LogP contribution in [0.5, 0.6) is 5.75 Å². The molecule has 2 heterocycles. The highest BCUT2D eigenvalue weighted by Gasteiger charge is 2.23. The number of fused-ring (bicyclic) bond motifs is 2. The molecule has 0 spiro atoms. The summed E-state index contributed by atoms with van der Waals surface area (Å²) in [6.07, 6.45) is 0. The number of carbonyl (C=O) groups excluding carboxylic acids is 2. The number of hydrogen-bond donors (Lipinski definition) is 2. The van der Waals surface area contributed by atoms with Crippen LogP contribution in [0.4, 0.5) is 10.5 Å². The van der Waals surface area contributed by atoms with E-state index in [1.165, 1.54) is 0 Å². The molecule has 4 rings (SSSR count). The molecule has 0 bridgehead atoms. The van der Waals surface area contributed by atoms with E-state index in [-0.39, 0.29) is 30.6 Å². The van der Waals surface area contributed by atoms with E-state index in [1.807, 2.05) is 56.3 Å². The Bertz CT molecular complexity index is 1040. The summed E-state index contributed by atoms with van der Waals surface area (Å²) < 4.78 is 11.3.